The Morgan fingerprint density at radius 1 is 1.39 bits per heavy atom. The highest BCUT2D eigenvalue weighted by Crippen LogP contribution is 2.11. The SMILES string of the molecule is Cc1cccnc1NS(=O)(=O)CCCNC(C)C. The minimum absolute atomic E-state index is 0.0999. The normalized spacial score (nSPS) is 11.8. The monoisotopic (exact) mass is 271 g/mol. The second kappa shape index (κ2) is 6.70. The summed E-state index contributed by atoms with van der Waals surface area (Å²) < 4.78 is 26.1. The summed E-state index contributed by atoms with van der Waals surface area (Å²) in [6.45, 7) is 6.58. The second-order valence-corrected chi connectivity index (χ2v) is 6.39. The third-order valence-corrected chi connectivity index (χ3v) is 3.73. The van der Waals surface area contributed by atoms with Crippen LogP contribution in [-0.2, 0) is 10.0 Å². The van der Waals surface area contributed by atoms with Gasteiger partial charge in [0, 0.05) is 12.2 Å². The molecule has 2 N–H and O–H groups in total. The van der Waals surface area contributed by atoms with Gasteiger partial charge in [0.25, 0.3) is 0 Å². The maximum atomic E-state index is 11.8. The number of hydrogen-bond acceptors (Lipinski definition) is 4. The summed E-state index contributed by atoms with van der Waals surface area (Å²) in [5, 5.41) is 3.19. The van der Waals surface area contributed by atoms with Gasteiger partial charge in [-0.15, -0.1) is 0 Å². The maximum Gasteiger partial charge on any atom is 0.233 e. The van der Waals surface area contributed by atoms with Crippen LogP contribution in [0.3, 0.4) is 0 Å². The van der Waals surface area contributed by atoms with Gasteiger partial charge in [-0.25, -0.2) is 13.4 Å². The lowest BCUT2D eigenvalue weighted by Gasteiger charge is -2.10. The lowest BCUT2D eigenvalue weighted by Crippen LogP contribution is -2.26. The molecule has 1 rings (SSSR count). The van der Waals surface area contributed by atoms with Gasteiger partial charge in [0.2, 0.25) is 10.0 Å². The Kier molecular flexibility index (Phi) is 5.55. The van der Waals surface area contributed by atoms with Crippen LogP contribution >= 0.6 is 0 Å². The fourth-order valence-electron chi connectivity index (χ4n) is 1.44. The van der Waals surface area contributed by atoms with E-state index in [4.69, 9.17) is 0 Å². The van der Waals surface area contributed by atoms with Gasteiger partial charge in [-0.1, -0.05) is 19.9 Å². The zero-order valence-electron chi connectivity index (χ0n) is 11.1. The van der Waals surface area contributed by atoms with E-state index < -0.39 is 10.0 Å². The summed E-state index contributed by atoms with van der Waals surface area (Å²) >= 11 is 0. The Bertz CT molecular complexity index is 472. The van der Waals surface area contributed by atoms with Crippen LogP contribution in [0.15, 0.2) is 18.3 Å². The van der Waals surface area contributed by atoms with E-state index in [1.54, 1.807) is 12.3 Å². The first-order valence-corrected chi connectivity index (χ1v) is 7.71. The lowest BCUT2D eigenvalue weighted by molar-refractivity contribution is 0.571. The van der Waals surface area contributed by atoms with E-state index in [0.717, 1.165) is 5.56 Å². The minimum Gasteiger partial charge on any atom is -0.314 e. The fraction of sp³-hybridized carbons (Fsp3) is 0.583. The van der Waals surface area contributed by atoms with E-state index >= 15 is 0 Å². The van der Waals surface area contributed by atoms with Crippen LogP contribution in [0.4, 0.5) is 5.82 Å². The number of sulfonamides is 1. The van der Waals surface area contributed by atoms with Crippen LogP contribution in [0.2, 0.25) is 0 Å². The summed E-state index contributed by atoms with van der Waals surface area (Å²) in [4.78, 5) is 4.01. The van der Waals surface area contributed by atoms with E-state index in [1.165, 1.54) is 0 Å². The highest BCUT2D eigenvalue weighted by Gasteiger charge is 2.12. The Morgan fingerprint density at radius 2 is 2.11 bits per heavy atom. The molecule has 102 valence electrons. The number of anilines is 1. The van der Waals surface area contributed by atoms with Crippen molar-refractivity contribution in [2.24, 2.45) is 0 Å². The van der Waals surface area contributed by atoms with E-state index in [0.29, 0.717) is 24.8 Å². The van der Waals surface area contributed by atoms with Crippen molar-refractivity contribution in [3.63, 3.8) is 0 Å². The summed E-state index contributed by atoms with van der Waals surface area (Å²) in [7, 11) is -3.31. The lowest BCUT2D eigenvalue weighted by atomic mass is 10.3. The molecule has 0 radical (unpaired) electrons. The molecule has 0 spiro atoms. The zero-order chi connectivity index (χ0) is 13.6. The molecular weight excluding hydrogens is 250 g/mol. The number of hydrogen-bond donors (Lipinski definition) is 2. The Morgan fingerprint density at radius 3 is 2.72 bits per heavy atom. The molecule has 1 heterocycles. The molecule has 1 aromatic heterocycles. The fourth-order valence-corrected chi connectivity index (χ4v) is 2.58. The van der Waals surface area contributed by atoms with Crippen molar-refractivity contribution in [2.75, 3.05) is 17.0 Å². The van der Waals surface area contributed by atoms with E-state index in [9.17, 15) is 8.42 Å². The number of aryl methyl sites for hydroxylation is 1. The molecule has 0 saturated heterocycles. The van der Waals surface area contributed by atoms with Gasteiger partial charge in [0.15, 0.2) is 0 Å². The highest BCUT2D eigenvalue weighted by atomic mass is 32.2. The molecule has 0 aromatic carbocycles. The van der Waals surface area contributed by atoms with E-state index in [2.05, 4.69) is 15.0 Å². The molecule has 0 atom stereocenters. The molecule has 6 heteroatoms. The summed E-state index contributed by atoms with van der Waals surface area (Å²) in [5.74, 6) is 0.511. The van der Waals surface area contributed by atoms with Gasteiger partial charge in [-0.3, -0.25) is 4.72 Å². The molecular formula is C12H21N3O2S. The van der Waals surface area contributed by atoms with Crippen LogP contribution in [0, 0.1) is 6.92 Å². The average molecular weight is 271 g/mol. The van der Waals surface area contributed by atoms with E-state index in [-0.39, 0.29) is 5.75 Å². The number of nitrogens with zero attached hydrogens (tertiary/aromatic N) is 1. The molecule has 0 aliphatic heterocycles. The van der Waals surface area contributed by atoms with Crippen molar-refractivity contribution in [3.8, 4) is 0 Å². The topological polar surface area (TPSA) is 71.1 Å². The number of aromatic nitrogens is 1. The minimum atomic E-state index is -3.31. The zero-order valence-corrected chi connectivity index (χ0v) is 11.9. The molecule has 0 amide bonds. The van der Waals surface area contributed by atoms with Gasteiger partial charge in [-0.05, 0) is 31.5 Å². The third kappa shape index (κ3) is 5.46. The van der Waals surface area contributed by atoms with Crippen LogP contribution in [0.1, 0.15) is 25.8 Å². The number of nitrogens with one attached hydrogen (secondary N) is 2. The molecule has 0 saturated carbocycles. The molecule has 1 aromatic rings. The van der Waals surface area contributed by atoms with Crippen molar-refractivity contribution in [3.05, 3.63) is 23.9 Å². The quantitative estimate of drug-likeness (QED) is 0.738. The first kappa shape index (κ1) is 14.9. The first-order valence-electron chi connectivity index (χ1n) is 6.06. The van der Waals surface area contributed by atoms with Gasteiger partial charge in [-0.2, -0.15) is 0 Å². The predicted octanol–water partition coefficient (Wildman–Crippen LogP) is 1.52. The first-order chi connectivity index (χ1) is 8.41. The van der Waals surface area contributed by atoms with Crippen molar-refractivity contribution < 1.29 is 8.42 Å². The molecule has 0 aliphatic rings. The standard InChI is InChI=1S/C12H21N3O2S/c1-10(2)13-8-5-9-18(16,17)15-12-11(3)6-4-7-14-12/h4,6-7,10,13H,5,8-9H2,1-3H3,(H,14,15). The summed E-state index contributed by atoms with van der Waals surface area (Å²) in [6.07, 6.45) is 2.16. The van der Waals surface area contributed by atoms with Crippen LogP contribution in [0.5, 0.6) is 0 Å². The number of pyridine rings is 1. The third-order valence-electron chi connectivity index (χ3n) is 2.40. The van der Waals surface area contributed by atoms with E-state index in [1.807, 2.05) is 26.8 Å². The maximum absolute atomic E-state index is 11.8. The van der Waals surface area contributed by atoms with Crippen LogP contribution in [0.25, 0.3) is 0 Å². The smallest absolute Gasteiger partial charge is 0.233 e. The van der Waals surface area contributed by atoms with Gasteiger partial charge in [0.05, 0.1) is 5.75 Å². The highest BCUT2D eigenvalue weighted by molar-refractivity contribution is 7.92. The summed E-state index contributed by atoms with van der Waals surface area (Å²) in [6, 6.07) is 3.98. The van der Waals surface area contributed by atoms with Crippen molar-refractivity contribution in [1.82, 2.24) is 10.3 Å². The Labute approximate surface area is 109 Å². The largest absolute Gasteiger partial charge is 0.314 e. The van der Waals surface area contributed by atoms with Crippen molar-refractivity contribution in [2.45, 2.75) is 33.2 Å². The van der Waals surface area contributed by atoms with Crippen LogP contribution in [-0.4, -0.2) is 31.7 Å². The molecule has 0 unspecified atom stereocenters. The predicted molar refractivity (Wildman–Crippen MR) is 74.1 cm³/mol. The molecule has 0 aliphatic carbocycles. The van der Waals surface area contributed by atoms with Gasteiger partial charge >= 0.3 is 0 Å². The molecule has 5 nitrogen and oxygen atoms in total. The van der Waals surface area contributed by atoms with Crippen LogP contribution < -0.4 is 10.0 Å². The Hall–Kier alpha value is -1.14. The van der Waals surface area contributed by atoms with Crippen molar-refractivity contribution >= 4 is 15.8 Å². The van der Waals surface area contributed by atoms with Gasteiger partial charge in [0.1, 0.15) is 5.82 Å². The summed E-state index contributed by atoms with van der Waals surface area (Å²) in [5.41, 5.74) is 0.821. The average Bonchev–Trinajstić information content (AvgIpc) is 2.27. The molecule has 0 bridgehead atoms. The van der Waals surface area contributed by atoms with Crippen molar-refractivity contribution in [1.29, 1.82) is 0 Å². The number of rotatable bonds is 7. The molecule has 0 fully saturated rings. The Balaban J connectivity index is 2.48. The van der Waals surface area contributed by atoms with Gasteiger partial charge < -0.3 is 5.32 Å². The second-order valence-electron chi connectivity index (χ2n) is 4.55. The molecule has 18 heavy (non-hydrogen) atoms.